The van der Waals surface area contributed by atoms with Crippen LogP contribution in [0.15, 0.2) is 6.07 Å². The van der Waals surface area contributed by atoms with Crippen molar-refractivity contribution in [2.75, 3.05) is 43.6 Å². The first-order valence-corrected chi connectivity index (χ1v) is 6.46. The molecule has 0 saturated heterocycles. The Morgan fingerprint density at radius 3 is 2.16 bits per heavy atom. The van der Waals surface area contributed by atoms with Gasteiger partial charge in [0.05, 0.1) is 13.2 Å². The minimum absolute atomic E-state index is 0.0176. The number of nitrogens with zero attached hydrogens (tertiary/aromatic N) is 3. The Balaban J connectivity index is 3.17. The largest absolute Gasteiger partial charge is 0.395 e. The van der Waals surface area contributed by atoms with Crippen LogP contribution in [-0.2, 0) is 5.41 Å². The van der Waals surface area contributed by atoms with Crippen LogP contribution in [0.3, 0.4) is 0 Å². The van der Waals surface area contributed by atoms with Crippen molar-refractivity contribution < 1.29 is 10.2 Å². The van der Waals surface area contributed by atoms with Gasteiger partial charge >= 0.3 is 0 Å². The zero-order valence-corrected chi connectivity index (χ0v) is 12.1. The summed E-state index contributed by atoms with van der Waals surface area (Å²) in [6.45, 7) is 7.05. The van der Waals surface area contributed by atoms with E-state index in [0.717, 1.165) is 11.6 Å². The fourth-order valence-electron chi connectivity index (χ4n) is 1.64. The quantitative estimate of drug-likeness (QED) is 0.701. The van der Waals surface area contributed by atoms with Gasteiger partial charge in [-0.1, -0.05) is 20.8 Å². The zero-order chi connectivity index (χ0) is 14.5. The average molecular weight is 268 g/mol. The van der Waals surface area contributed by atoms with Crippen LogP contribution in [0.1, 0.15) is 26.6 Å². The predicted molar refractivity (Wildman–Crippen MR) is 76.7 cm³/mol. The lowest BCUT2D eigenvalue weighted by molar-refractivity contribution is 0.280. The van der Waals surface area contributed by atoms with E-state index in [2.05, 4.69) is 15.3 Å². The number of nitrogens with one attached hydrogen (secondary N) is 1. The molecule has 0 atom stereocenters. The third kappa shape index (κ3) is 4.33. The minimum Gasteiger partial charge on any atom is -0.395 e. The van der Waals surface area contributed by atoms with Crippen molar-refractivity contribution >= 4 is 11.6 Å². The number of aliphatic hydroxyl groups excluding tert-OH is 2. The predicted octanol–water partition coefficient (Wildman–Crippen LogP) is 0.607. The van der Waals surface area contributed by atoms with Crippen molar-refractivity contribution in [3.8, 4) is 0 Å². The fourth-order valence-corrected chi connectivity index (χ4v) is 1.64. The van der Waals surface area contributed by atoms with Crippen molar-refractivity contribution in [1.82, 2.24) is 9.97 Å². The molecule has 0 aliphatic carbocycles. The van der Waals surface area contributed by atoms with E-state index in [9.17, 15) is 0 Å². The molecule has 6 nitrogen and oxygen atoms in total. The maximum atomic E-state index is 9.10. The van der Waals surface area contributed by atoms with E-state index < -0.39 is 0 Å². The lowest BCUT2D eigenvalue weighted by atomic mass is 9.96. The second-order valence-electron chi connectivity index (χ2n) is 5.37. The van der Waals surface area contributed by atoms with Gasteiger partial charge in [0.2, 0.25) is 0 Å². The van der Waals surface area contributed by atoms with Crippen molar-refractivity contribution in [2.24, 2.45) is 0 Å². The van der Waals surface area contributed by atoms with E-state index in [4.69, 9.17) is 10.2 Å². The Morgan fingerprint density at radius 1 is 1.16 bits per heavy atom. The number of anilines is 2. The fraction of sp³-hybridized carbons (Fsp3) is 0.692. The van der Waals surface area contributed by atoms with Crippen molar-refractivity contribution in [3.63, 3.8) is 0 Å². The number of aliphatic hydroxyl groups is 2. The highest BCUT2D eigenvalue weighted by Crippen LogP contribution is 2.23. The molecule has 1 aromatic rings. The van der Waals surface area contributed by atoms with Crippen molar-refractivity contribution in [1.29, 1.82) is 0 Å². The molecule has 1 rings (SSSR count). The Labute approximate surface area is 114 Å². The van der Waals surface area contributed by atoms with Gasteiger partial charge in [0.25, 0.3) is 0 Å². The summed E-state index contributed by atoms with van der Waals surface area (Å²) < 4.78 is 0. The Kier molecular flexibility index (Phi) is 5.50. The summed E-state index contributed by atoms with van der Waals surface area (Å²) in [6.07, 6.45) is 0. The smallest absolute Gasteiger partial charge is 0.138 e. The highest BCUT2D eigenvalue weighted by Gasteiger charge is 2.20. The molecule has 0 amide bonds. The molecular formula is C13H24N4O2. The second kappa shape index (κ2) is 6.68. The molecule has 0 fully saturated rings. The second-order valence-corrected chi connectivity index (χ2v) is 5.37. The Morgan fingerprint density at radius 2 is 1.74 bits per heavy atom. The molecular weight excluding hydrogens is 244 g/mol. The number of hydrogen-bond donors (Lipinski definition) is 3. The van der Waals surface area contributed by atoms with Gasteiger partial charge in [0, 0.05) is 31.6 Å². The van der Waals surface area contributed by atoms with E-state index in [-0.39, 0.29) is 18.6 Å². The van der Waals surface area contributed by atoms with Crippen molar-refractivity contribution in [2.45, 2.75) is 26.2 Å². The zero-order valence-electron chi connectivity index (χ0n) is 12.1. The maximum absolute atomic E-state index is 9.10. The van der Waals surface area contributed by atoms with Crippen molar-refractivity contribution in [3.05, 3.63) is 11.9 Å². The molecule has 0 radical (unpaired) electrons. The maximum Gasteiger partial charge on any atom is 0.138 e. The summed E-state index contributed by atoms with van der Waals surface area (Å²) in [5.41, 5.74) is -0.161. The first kappa shape index (κ1) is 15.7. The summed E-state index contributed by atoms with van der Waals surface area (Å²) in [4.78, 5) is 10.8. The lowest BCUT2D eigenvalue weighted by Crippen LogP contribution is -2.31. The van der Waals surface area contributed by atoms with Crippen LogP contribution in [0.2, 0.25) is 0 Å². The molecule has 1 aromatic heterocycles. The van der Waals surface area contributed by atoms with Gasteiger partial charge < -0.3 is 20.4 Å². The molecule has 108 valence electrons. The molecule has 0 aromatic carbocycles. The number of hydrogen-bond acceptors (Lipinski definition) is 6. The van der Waals surface area contributed by atoms with Crippen LogP contribution >= 0.6 is 0 Å². The third-order valence-electron chi connectivity index (χ3n) is 2.70. The molecule has 0 aliphatic heterocycles. The van der Waals surface area contributed by atoms with Gasteiger partial charge in [-0.05, 0) is 0 Å². The van der Waals surface area contributed by atoms with Gasteiger partial charge in [0.1, 0.15) is 17.5 Å². The molecule has 6 heteroatoms. The van der Waals surface area contributed by atoms with E-state index >= 15 is 0 Å². The molecule has 0 spiro atoms. The molecule has 3 N–H and O–H groups in total. The molecule has 0 saturated carbocycles. The van der Waals surface area contributed by atoms with Gasteiger partial charge in [-0.2, -0.15) is 0 Å². The Hall–Kier alpha value is -1.40. The number of aromatic nitrogens is 2. The van der Waals surface area contributed by atoms with Crippen LogP contribution < -0.4 is 10.2 Å². The summed E-state index contributed by atoms with van der Waals surface area (Å²) >= 11 is 0. The van der Waals surface area contributed by atoms with Crippen LogP contribution in [0.5, 0.6) is 0 Å². The van der Waals surface area contributed by atoms with E-state index in [1.165, 1.54) is 0 Å². The van der Waals surface area contributed by atoms with Gasteiger partial charge in [-0.3, -0.25) is 0 Å². The highest BCUT2D eigenvalue weighted by atomic mass is 16.3. The molecule has 1 heterocycles. The van der Waals surface area contributed by atoms with Crippen LogP contribution in [-0.4, -0.2) is 53.5 Å². The normalized spacial score (nSPS) is 11.5. The lowest BCUT2D eigenvalue weighted by Gasteiger charge is -2.25. The van der Waals surface area contributed by atoms with E-state index in [0.29, 0.717) is 18.9 Å². The SMILES string of the molecule is CNc1cc(N(CCO)CCO)nc(C(C)(C)C)n1. The monoisotopic (exact) mass is 268 g/mol. The van der Waals surface area contributed by atoms with Crippen LogP contribution in [0, 0.1) is 0 Å². The summed E-state index contributed by atoms with van der Waals surface area (Å²) in [5, 5.41) is 21.2. The molecule has 0 bridgehead atoms. The van der Waals surface area contributed by atoms with Gasteiger partial charge in [0.15, 0.2) is 0 Å². The summed E-state index contributed by atoms with van der Waals surface area (Å²) in [5.74, 6) is 2.18. The van der Waals surface area contributed by atoms with Gasteiger partial charge in [-0.15, -0.1) is 0 Å². The average Bonchev–Trinajstić information content (AvgIpc) is 2.37. The highest BCUT2D eigenvalue weighted by molar-refractivity contribution is 5.49. The molecule has 19 heavy (non-hydrogen) atoms. The molecule has 0 aliphatic rings. The number of rotatable bonds is 6. The molecule has 0 unspecified atom stereocenters. The summed E-state index contributed by atoms with van der Waals surface area (Å²) in [7, 11) is 1.81. The Bertz CT molecular complexity index is 398. The van der Waals surface area contributed by atoms with E-state index in [1.807, 2.05) is 31.7 Å². The third-order valence-corrected chi connectivity index (χ3v) is 2.70. The van der Waals surface area contributed by atoms with Crippen LogP contribution in [0.25, 0.3) is 0 Å². The standard InChI is InChI=1S/C13H24N4O2/c1-13(2,3)12-15-10(14-4)9-11(16-12)17(5-7-18)6-8-19/h9,18-19H,5-8H2,1-4H3,(H,14,15,16). The topological polar surface area (TPSA) is 81.5 Å². The first-order chi connectivity index (χ1) is 8.92. The van der Waals surface area contributed by atoms with Gasteiger partial charge in [-0.25, -0.2) is 9.97 Å². The first-order valence-electron chi connectivity index (χ1n) is 6.46. The minimum atomic E-state index is -0.161. The van der Waals surface area contributed by atoms with E-state index in [1.54, 1.807) is 7.05 Å². The summed E-state index contributed by atoms with van der Waals surface area (Å²) in [6, 6.07) is 1.82. The van der Waals surface area contributed by atoms with Crippen LogP contribution in [0.4, 0.5) is 11.6 Å².